The second-order valence-electron chi connectivity index (χ2n) is 4.78. The van der Waals surface area contributed by atoms with Gasteiger partial charge >= 0.3 is 11.9 Å². The summed E-state index contributed by atoms with van der Waals surface area (Å²) in [7, 11) is 0. The average molecular weight is 385 g/mol. The Labute approximate surface area is 136 Å². The quantitative estimate of drug-likeness (QED) is 0.350. The van der Waals surface area contributed by atoms with Crippen molar-refractivity contribution < 1.29 is 38.7 Å². The van der Waals surface area contributed by atoms with E-state index in [1.54, 1.807) is 0 Å². The predicted molar refractivity (Wildman–Crippen MR) is 77.2 cm³/mol. The van der Waals surface area contributed by atoms with Crippen molar-refractivity contribution in [3.8, 4) is 0 Å². The van der Waals surface area contributed by atoms with Crippen LogP contribution in [-0.4, -0.2) is 71.4 Å². The van der Waals surface area contributed by atoms with Gasteiger partial charge in [-0.1, -0.05) is 15.9 Å². The number of carbonyl (C=O) groups excluding carboxylic acids is 2. The largest absolute Gasteiger partial charge is 0.455 e. The van der Waals surface area contributed by atoms with E-state index < -0.39 is 49.3 Å². The van der Waals surface area contributed by atoms with Crippen LogP contribution in [0.1, 0.15) is 20.3 Å². The maximum atomic E-state index is 11.3. The minimum Gasteiger partial charge on any atom is -0.455 e. The van der Waals surface area contributed by atoms with Crippen LogP contribution in [0, 0.1) is 0 Å². The maximum Gasteiger partial charge on any atom is 0.303 e. The van der Waals surface area contributed by atoms with E-state index in [2.05, 4.69) is 15.9 Å². The molecule has 0 aliphatic carbocycles. The Kier molecular flexibility index (Phi) is 8.26. The highest BCUT2D eigenvalue weighted by atomic mass is 79.9. The van der Waals surface area contributed by atoms with E-state index in [0.29, 0.717) is 18.4 Å². The molecule has 0 aromatic rings. The monoisotopic (exact) mass is 384 g/mol. The van der Waals surface area contributed by atoms with Crippen LogP contribution in [0.5, 0.6) is 0 Å². The molecule has 5 atom stereocenters. The Morgan fingerprint density at radius 3 is 2.27 bits per heavy atom. The fraction of sp³-hybridized carbons (Fsp3) is 0.846. The van der Waals surface area contributed by atoms with Gasteiger partial charge in [-0.15, -0.1) is 0 Å². The molecule has 1 heterocycles. The maximum absolute atomic E-state index is 11.3. The number of halogens is 1. The number of rotatable bonds is 7. The second kappa shape index (κ2) is 9.41. The summed E-state index contributed by atoms with van der Waals surface area (Å²) >= 11 is 3.25. The lowest BCUT2D eigenvalue weighted by molar-refractivity contribution is -0.305. The molecule has 0 amide bonds. The van der Waals surface area contributed by atoms with E-state index in [-0.39, 0.29) is 0 Å². The van der Waals surface area contributed by atoms with Crippen molar-refractivity contribution in [2.45, 2.75) is 51.0 Å². The topological polar surface area (TPSA) is 112 Å². The van der Waals surface area contributed by atoms with Crippen LogP contribution >= 0.6 is 15.9 Å². The molecule has 1 rings (SSSR count). The number of hydrogen-bond acceptors (Lipinski definition) is 8. The number of ether oxygens (including phenoxy) is 4. The summed E-state index contributed by atoms with van der Waals surface area (Å²) in [6.07, 6.45) is -5.01. The Morgan fingerprint density at radius 1 is 1.18 bits per heavy atom. The smallest absolute Gasteiger partial charge is 0.303 e. The first-order valence-electron chi connectivity index (χ1n) is 6.87. The summed E-state index contributed by atoms with van der Waals surface area (Å²) in [4.78, 5) is 22.5. The summed E-state index contributed by atoms with van der Waals surface area (Å²) in [5, 5.41) is 20.1. The molecule has 0 aromatic heterocycles. The van der Waals surface area contributed by atoms with Crippen LogP contribution in [0.4, 0.5) is 0 Å². The highest BCUT2D eigenvalue weighted by Gasteiger charge is 2.49. The van der Waals surface area contributed by atoms with Crippen molar-refractivity contribution in [1.29, 1.82) is 0 Å². The Bertz CT molecular complexity index is 377. The van der Waals surface area contributed by atoms with Gasteiger partial charge in [0.1, 0.15) is 12.2 Å². The van der Waals surface area contributed by atoms with Crippen molar-refractivity contribution in [3.63, 3.8) is 0 Å². The third-order valence-electron chi connectivity index (χ3n) is 2.96. The Balaban J connectivity index is 2.93. The number of aliphatic hydroxyl groups is 2. The molecule has 2 N–H and O–H groups in total. The van der Waals surface area contributed by atoms with Crippen molar-refractivity contribution in [2.75, 3.05) is 18.5 Å². The minimum atomic E-state index is -1.34. The van der Waals surface area contributed by atoms with E-state index in [1.807, 2.05) is 0 Å². The molecule has 1 aliphatic heterocycles. The molecule has 9 heteroatoms. The van der Waals surface area contributed by atoms with E-state index in [4.69, 9.17) is 18.9 Å². The molecule has 0 aromatic carbocycles. The van der Waals surface area contributed by atoms with Gasteiger partial charge in [0, 0.05) is 19.2 Å². The van der Waals surface area contributed by atoms with Crippen LogP contribution < -0.4 is 0 Å². The average Bonchev–Trinajstić information content (AvgIpc) is 2.44. The van der Waals surface area contributed by atoms with Gasteiger partial charge in [-0.05, 0) is 6.42 Å². The lowest BCUT2D eigenvalue weighted by atomic mass is 9.98. The fourth-order valence-electron chi connectivity index (χ4n) is 2.07. The minimum absolute atomic E-state index is 0.300. The molecule has 0 spiro atoms. The molecule has 1 fully saturated rings. The van der Waals surface area contributed by atoms with Gasteiger partial charge in [0.25, 0.3) is 0 Å². The molecule has 128 valence electrons. The SMILES string of the molecule is CC(=O)O[C@H]1[C@H](O)[C@@H](CO)OC(OCCCBr)[C@@H]1OC(C)=O. The first-order chi connectivity index (χ1) is 10.4. The highest BCUT2D eigenvalue weighted by Crippen LogP contribution is 2.27. The molecule has 0 radical (unpaired) electrons. The molecule has 1 saturated heterocycles. The van der Waals surface area contributed by atoms with Gasteiger partial charge in [-0.3, -0.25) is 9.59 Å². The zero-order chi connectivity index (χ0) is 16.7. The standard InChI is InChI=1S/C13H21BrO8/c1-7(16)20-11-10(18)9(6-15)22-13(19-5-3-4-14)12(11)21-8(2)17/h9-13,15,18H,3-6H2,1-2H3/t9-,10-,11+,12-,13?/m1/s1. The molecule has 0 bridgehead atoms. The number of hydrogen-bond donors (Lipinski definition) is 2. The summed E-state index contributed by atoms with van der Waals surface area (Å²) in [5.74, 6) is -1.28. The summed E-state index contributed by atoms with van der Waals surface area (Å²) in [5.41, 5.74) is 0. The molecule has 1 aliphatic rings. The van der Waals surface area contributed by atoms with E-state index in [1.165, 1.54) is 13.8 Å². The summed E-state index contributed by atoms with van der Waals surface area (Å²) in [6.45, 7) is 2.16. The van der Waals surface area contributed by atoms with Crippen LogP contribution in [0.15, 0.2) is 0 Å². The third-order valence-corrected chi connectivity index (χ3v) is 3.52. The number of aliphatic hydroxyl groups excluding tert-OH is 2. The van der Waals surface area contributed by atoms with Crippen molar-refractivity contribution in [2.24, 2.45) is 0 Å². The third kappa shape index (κ3) is 5.47. The zero-order valence-electron chi connectivity index (χ0n) is 12.4. The van der Waals surface area contributed by atoms with Crippen molar-refractivity contribution in [1.82, 2.24) is 0 Å². The molecule has 22 heavy (non-hydrogen) atoms. The van der Waals surface area contributed by atoms with Gasteiger partial charge in [-0.25, -0.2) is 0 Å². The van der Waals surface area contributed by atoms with Crippen molar-refractivity contribution in [3.05, 3.63) is 0 Å². The predicted octanol–water partition coefficient (Wildman–Crippen LogP) is -0.271. The Morgan fingerprint density at radius 2 is 1.77 bits per heavy atom. The molecular weight excluding hydrogens is 364 g/mol. The first kappa shape index (κ1) is 19.3. The van der Waals surface area contributed by atoms with Crippen LogP contribution in [0.3, 0.4) is 0 Å². The highest BCUT2D eigenvalue weighted by molar-refractivity contribution is 9.09. The van der Waals surface area contributed by atoms with Crippen LogP contribution in [-0.2, 0) is 28.5 Å². The normalized spacial score (nSPS) is 31.6. The van der Waals surface area contributed by atoms with Gasteiger partial charge in [0.05, 0.1) is 13.2 Å². The zero-order valence-corrected chi connectivity index (χ0v) is 14.0. The molecule has 8 nitrogen and oxygen atoms in total. The second-order valence-corrected chi connectivity index (χ2v) is 5.57. The van der Waals surface area contributed by atoms with E-state index in [0.717, 1.165) is 0 Å². The Hall–Kier alpha value is -0.740. The van der Waals surface area contributed by atoms with Crippen molar-refractivity contribution >= 4 is 27.9 Å². The lowest BCUT2D eigenvalue weighted by Crippen LogP contribution is -2.61. The first-order valence-corrected chi connectivity index (χ1v) is 7.99. The van der Waals surface area contributed by atoms with Crippen LogP contribution in [0.2, 0.25) is 0 Å². The molecule has 1 unspecified atom stereocenters. The summed E-state index contributed by atoms with van der Waals surface area (Å²) < 4.78 is 21.0. The van der Waals surface area contributed by atoms with Gasteiger partial charge in [-0.2, -0.15) is 0 Å². The van der Waals surface area contributed by atoms with Crippen LogP contribution in [0.25, 0.3) is 0 Å². The van der Waals surface area contributed by atoms with E-state index >= 15 is 0 Å². The summed E-state index contributed by atoms with van der Waals surface area (Å²) in [6, 6.07) is 0. The molecule has 0 saturated carbocycles. The number of alkyl halides is 1. The number of esters is 2. The number of carbonyl (C=O) groups is 2. The lowest BCUT2D eigenvalue weighted by Gasteiger charge is -2.42. The van der Waals surface area contributed by atoms with Gasteiger partial charge < -0.3 is 29.2 Å². The fourth-order valence-corrected chi connectivity index (χ4v) is 2.30. The van der Waals surface area contributed by atoms with Gasteiger partial charge in [0.15, 0.2) is 18.5 Å². The van der Waals surface area contributed by atoms with E-state index in [9.17, 15) is 19.8 Å². The van der Waals surface area contributed by atoms with Gasteiger partial charge in [0.2, 0.25) is 0 Å². The molecular formula is C13H21BrO8.